The lowest BCUT2D eigenvalue weighted by molar-refractivity contribution is 0.0497. The molecule has 94 valence electrons. The molecule has 2 rings (SSSR count). The van der Waals surface area contributed by atoms with Crippen molar-refractivity contribution in [2.45, 2.75) is 26.4 Å². The number of pyridine rings is 1. The highest BCUT2D eigenvalue weighted by Crippen LogP contribution is 2.27. The zero-order valence-corrected chi connectivity index (χ0v) is 10.8. The van der Waals surface area contributed by atoms with E-state index < -0.39 is 0 Å². The maximum absolute atomic E-state index is 6.00. The molecular weight excluding hydrogens is 214 g/mol. The van der Waals surface area contributed by atoms with Gasteiger partial charge in [-0.2, -0.15) is 0 Å². The second-order valence-electron chi connectivity index (χ2n) is 4.85. The molecule has 2 unspecified atom stereocenters. The lowest BCUT2D eigenvalue weighted by atomic mass is 9.96. The topological polar surface area (TPSA) is 51.4 Å². The summed E-state index contributed by atoms with van der Waals surface area (Å²) in [6.07, 6.45) is 1.39. The van der Waals surface area contributed by atoms with Crippen LogP contribution in [0.25, 0.3) is 0 Å². The Balaban J connectivity index is 2.20. The summed E-state index contributed by atoms with van der Waals surface area (Å²) in [6, 6.07) is 3.87. The van der Waals surface area contributed by atoms with Crippen LogP contribution in [-0.2, 0) is 4.74 Å². The molecule has 2 heterocycles. The fourth-order valence-corrected chi connectivity index (χ4v) is 2.34. The van der Waals surface area contributed by atoms with Crippen molar-refractivity contribution in [2.24, 2.45) is 5.92 Å². The molecule has 0 aromatic carbocycles. The first-order valence-corrected chi connectivity index (χ1v) is 6.12. The predicted octanol–water partition coefficient (Wildman–Crippen LogP) is 1.83. The van der Waals surface area contributed by atoms with Gasteiger partial charge in [-0.3, -0.25) is 0 Å². The molecule has 0 radical (unpaired) electrons. The van der Waals surface area contributed by atoms with E-state index in [2.05, 4.69) is 16.8 Å². The van der Waals surface area contributed by atoms with E-state index in [-0.39, 0.29) is 6.10 Å². The molecule has 2 atom stereocenters. The summed E-state index contributed by atoms with van der Waals surface area (Å²) in [7, 11) is 1.78. The van der Waals surface area contributed by atoms with Crippen LogP contribution in [0.2, 0.25) is 0 Å². The molecule has 2 N–H and O–H groups in total. The van der Waals surface area contributed by atoms with Gasteiger partial charge in [0.2, 0.25) is 0 Å². The van der Waals surface area contributed by atoms with Crippen molar-refractivity contribution in [3.8, 4) is 0 Å². The molecule has 0 saturated carbocycles. The van der Waals surface area contributed by atoms with Gasteiger partial charge in [-0.25, -0.2) is 4.98 Å². The molecule has 0 amide bonds. The van der Waals surface area contributed by atoms with Gasteiger partial charge in [0, 0.05) is 25.9 Å². The Bertz CT molecular complexity index is 394. The monoisotopic (exact) mass is 235 g/mol. The number of hydrogen-bond acceptors (Lipinski definition) is 4. The normalized spacial score (nSPS) is 25.0. The van der Waals surface area contributed by atoms with Gasteiger partial charge < -0.3 is 15.4 Å². The summed E-state index contributed by atoms with van der Waals surface area (Å²) in [6.45, 7) is 6.10. The van der Waals surface area contributed by atoms with Gasteiger partial charge in [0.05, 0.1) is 11.8 Å². The number of nitrogen functional groups attached to an aromatic ring is 1. The number of aryl methyl sites for hydroxylation is 1. The molecule has 1 saturated heterocycles. The van der Waals surface area contributed by atoms with Crippen molar-refractivity contribution in [1.29, 1.82) is 0 Å². The fraction of sp³-hybridized carbons (Fsp3) is 0.615. The number of rotatable bonds is 2. The van der Waals surface area contributed by atoms with Crippen molar-refractivity contribution >= 4 is 11.5 Å². The smallest absolute Gasteiger partial charge is 0.152 e. The predicted molar refractivity (Wildman–Crippen MR) is 70.2 cm³/mol. The minimum Gasteiger partial charge on any atom is -0.396 e. The van der Waals surface area contributed by atoms with E-state index in [0.717, 1.165) is 36.7 Å². The molecule has 1 aromatic heterocycles. The summed E-state index contributed by atoms with van der Waals surface area (Å²) in [5.74, 6) is 1.50. The quantitative estimate of drug-likeness (QED) is 0.849. The second kappa shape index (κ2) is 4.92. The standard InChI is InChI=1S/C13H21N3O/c1-9-6-7-16(8-12(9)17-3)13-11(14)5-4-10(2)15-13/h4-5,9,12H,6-8,14H2,1-3H3. The summed E-state index contributed by atoms with van der Waals surface area (Å²) in [4.78, 5) is 6.77. The van der Waals surface area contributed by atoms with E-state index in [4.69, 9.17) is 10.5 Å². The largest absolute Gasteiger partial charge is 0.396 e. The Morgan fingerprint density at radius 1 is 1.47 bits per heavy atom. The van der Waals surface area contributed by atoms with Gasteiger partial charge in [0.15, 0.2) is 5.82 Å². The number of piperidine rings is 1. The van der Waals surface area contributed by atoms with Gasteiger partial charge >= 0.3 is 0 Å². The molecule has 0 spiro atoms. The van der Waals surface area contributed by atoms with Crippen molar-refractivity contribution < 1.29 is 4.74 Å². The van der Waals surface area contributed by atoms with Crippen LogP contribution >= 0.6 is 0 Å². The zero-order chi connectivity index (χ0) is 12.4. The van der Waals surface area contributed by atoms with E-state index >= 15 is 0 Å². The number of anilines is 2. The van der Waals surface area contributed by atoms with Crippen LogP contribution in [0.4, 0.5) is 11.5 Å². The number of hydrogen-bond donors (Lipinski definition) is 1. The Hall–Kier alpha value is -1.29. The van der Waals surface area contributed by atoms with Gasteiger partial charge in [0.1, 0.15) is 0 Å². The van der Waals surface area contributed by atoms with Crippen molar-refractivity contribution in [2.75, 3.05) is 30.8 Å². The van der Waals surface area contributed by atoms with Crippen molar-refractivity contribution in [3.63, 3.8) is 0 Å². The number of ether oxygens (including phenoxy) is 1. The first-order valence-electron chi connectivity index (χ1n) is 6.12. The number of aromatic nitrogens is 1. The summed E-state index contributed by atoms with van der Waals surface area (Å²) < 4.78 is 5.51. The van der Waals surface area contributed by atoms with Gasteiger partial charge in [-0.1, -0.05) is 6.92 Å². The Morgan fingerprint density at radius 3 is 2.94 bits per heavy atom. The summed E-state index contributed by atoms with van der Waals surface area (Å²) in [5, 5.41) is 0. The van der Waals surface area contributed by atoms with Crippen LogP contribution in [0.5, 0.6) is 0 Å². The molecular formula is C13H21N3O. The minimum absolute atomic E-state index is 0.269. The van der Waals surface area contributed by atoms with E-state index in [1.807, 2.05) is 19.1 Å². The van der Waals surface area contributed by atoms with Crippen LogP contribution < -0.4 is 10.6 Å². The van der Waals surface area contributed by atoms with Crippen LogP contribution in [-0.4, -0.2) is 31.3 Å². The highest BCUT2D eigenvalue weighted by molar-refractivity contribution is 5.63. The third-order valence-corrected chi connectivity index (χ3v) is 3.54. The minimum atomic E-state index is 0.269. The maximum atomic E-state index is 6.00. The summed E-state index contributed by atoms with van der Waals surface area (Å²) >= 11 is 0. The molecule has 17 heavy (non-hydrogen) atoms. The Labute approximate surface area is 103 Å². The Kier molecular flexibility index (Phi) is 3.52. The fourth-order valence-electron chi connectivity index (χ4n) is 2.34. The molecule has 4 heteroatoms. The second-order valence-corrected chi connectivity index (χ2v) is 4.85. The SMILES string of the molecule is COC1CN(c2nc(C)ccc2N)CCC1C. The van der Waals surface area contributed by atoms with E-state index in [1.54, 1.807) is 7.11 Å². The lowest BCUT2D eigenvalue weighted by Gasteiger charge is -2.37. The number of methoxy groups -OCH3 is 1. The van der Waals surface area contributed by atoms with Gasteiger partial charge in [-0.15, -0.1) is 0 Å². The van der Waals surface area contributed by atoms with E-state index in [9.17, 15) is 0 Å². The average Bonchev–Trinajstić information content (AvgIpc) is 2.33. The van der Waals surface area contributed by atoms with Crippen molar-refractivity contribution in [1.82, 2.24) is 4.98 Å². The van der Waals surface area contributed by atoms with Crippen molar-refractivity contribution in [3.05, 3.63) is 17.8 Å². The number of nitrogens with two attached hydrogens (primary N) is 1. The van der Waals surface area contributed by atoms with Crippen LogP contribution in [0.3, 0.4) is 0 Å². The van der Waals surface area contributed by atoms with Gasteiger partial charge in [0.25, 0.3) is 0 Å². The van der Waals surface area contributed by atoms with Gasteiger partial charge in [-0.05, 0) is 31.4 Å². The molecule has 1 aliphatic rings. The Morgan fingerprint density at radius 2 is 2.24 bits per heavy atom. The average molecular weight is 235 g/mol. The highest BCUT2D eigenvalue weighted by atomic mass is 16.5. The molecule has 1 aromatic rings. The molecule has 0 aliphatic carbocycles. The first kappa shape index (κ1) is 12.2. The van der Waals surface area contributed by atoms with Crippen LogP contribution in [0, 0.1) is 12.8 Å². The van der Waals surface area contributed by atoms with E-state index in [1.165, 1.54) is 0 Å². The zero-order valence-electron chi connectivity index (χ0n) is 10.8. The highest BCUT2D eigenvalue weighted by Gasteiger charge is 2.27. The molecule has 0 bridgehead atoms. The molecule has 1 aliphatic heterocycles. The van der Waals surface area contributed by atoms with Crippen LogP contribution in [0.15, 0.2) is 12.1 Å². The third kappa shape index (κ3) is 2.52. The third-order valence-electron chi connectivity index (χ3n) is 3.54. The van der Waals surface area contributed by atoms with E-state index in [0.29, 0.717) is 5.92 Å². The maximum Gasteiger partial charge on any atom is 0.152 e. The number of nitrogens with zero attached hydrogens (tertiary/aromatic N) is 2. The lowest BCUT2D eigenvalue weighted by Crippen LogP contribution is -2.44. The first-order chi connectivity index (χ1) is 8.11. The summed E-state index contributed by atoms with van der Waals surface area (Å²) in [5.41, 5.74) is 7.75. The molecule has 4 nitrogen and oxygen atoms in total. The van der Waals surface area contributed by atoms with Crippen LogP contribution in [0.1, 0.15) is 19.0 Å². The molecule has 1 fully saturated rings.